The molecule has 0 aliphatic carbocycles. The van der Waals surface area contributed by atoms with Gasteiger partial charge in [0.05, 0.1) is 25.0 Å². The summed E-state index contributed by atoms with van der Waals surface area (Å²) >= 11 is 0. The Balaban J connectivity index is 1.94. The van der Waals surface area contributed by atoms with Crippen molar-refractivity contribution in [3.63, 3.8) is 0 Å². The number of ether oxygens (including phenoxy) is 1. The van der Waals surface area contributed by atoms with Gasteiger partial charge in [0.15, 0.2) is 5.58 Å². The minimum Gasteiger partial charge on any atom is -0.507 e. The number of phenolic OH excluding ortho intramolecular Hbond substituents is 1. The summed E-state index contributed by atoms with van der Waals surface area (Å²) in [6.07, 6.45) is -4.98. The second kappa shape index (κ2) is 7.63. The molecule has 0 radical (unpaired) electrons. The molecule has 0 aliphatic heterocycles. The first-order chi connectivity index (χ1) is 14.6. The first kappa shape index (κ1) is 20.7. The zero-order valence-electron chi connectivity index (χ0n) is 16.7. The van der Waals surface area contributed by atoms with Crippen LogP contribution in [0.2, 0.25) is 0 Å². The maximum absolute atomic E-state index is 13.8. The Kier molecular flexibility index (Phi) is 5.10. The average Bonchev–Trinajstić information content (AvgIpc) is 2.70. The number of rotatable bonds is 4. The van der Waals surface area contributed by atoms with Crippen LogP contribution in [0.15, 0.2) is 63.8 Å². The van der Waals surface area contributed by atoms with E-state index < -0.39 is 23.1 Å². The van der Waals surface area contributed by atoms with Crippen LogP contribution in [0.4, 0.5) is 13.2 Å². The van der Waals surface area contributed by atoms with Gasteiger partial charge >= 0.3 is 6.18 Å². The lowest BCUT2D eigenvalue weighted by Crippen LogP contribution is -3.04. The molecule has 0 bridgehead atoms. The molecule has 0 amide bonds. The van der Waals surface area contributed by atoms with E-state index in [1.54, 1.807) is 38.4 Å². The van der Waals surface area contributed by atoms with Crippen LogP contribution in [0, 0.1) is 0 Å². The van der Waals surface area contributed by atoms with E-state index in [4.69, 9.17) is 9.15 Å². The number of hydrogen-bond acceptors (Lipinski definition) is 4. The van der Waals surface area contributed by atoms with Gasteiger partial charge in [-0.15, -0.1) is 0 Å². The first-order valence-corrected chi connectivity index (χ1v) is 9.49. The van der Waals surface area contributed by atoms with Gasteiger partial charge in [0, 0.05) is 0 Å². The third-order valence-corrected chi connectivity index (χ3v) is 4.83. The van der Waals surface area contributed by atoms with Crippen LogP contribution in [-0.2, 0) is 12.7 Å². The second-order valence-electron chi connectivity index (χ2n) is 7.52. The second-order valence-corrected chi connectivity index (χ2v) is 7.52. The summed E-state index contributed by atoms with van der Waals surface area (Å²) in [6, 6.07) is 14.5. The minimum absolute atomic E-state index is 0.0765. The summed E-state index contributed by atoms with van der Waals surface area (Å²) in [4.78, 5) is 13.9. The molecule has 5 nitrogen and oxygen atoms in total. The molecule has 0 aliphatic rings. The molecular weight excluding hydrogens is 411 g/mol. The van der Waals surface area contributed by atoms with E-state index in [-0.39, 0.29) is 34.6 Å². The molecule has 2 N–H and O–H groups in total. The molecule has 3 aromatic carbocycles. The number of quaternary nitrogens is 1. The van der Waals surface area contributed by atoms with Gasteiger partial charge in [-0.2, -0.15) is 13.2 Å². The number of alkyl halides is 3. The summed E-state index contributed by atoms with van der Waals surface area (Å²) in [5.74, 6) is -2.65. The summed E-state index contributed by atoms with van der Waals surface area (Å²) < 4.78 is 52.1. The van der Waals surface area contributed by atoms with E-state index >= 15 is 0 Å². The third kappa shape index (κ3) is 3.94. The van der Waals surface area contributed by atoms with Crippen molar-refractivity contribution in [1.82, 2.24) is 0 Å². The fourth-order valence-electron chi connectivity index (χ4n) is 3.44. The Labute approximate surface area is 174 Å². The summed E-state index contributed by atoms with van der Waals surface area (Å²) in [5.41, 5.74) is -1.14. The summed E-state index contributed by atoms with van der Waals surface area (Å²) in [5, 5.41) is 11.7. The topological polar surface area (TPSA) is 64.1 Å². The molecule has 31 heavy (non-hydrogen) atoms. The number of hydrogen-bond donors (Lipinski definition) is 2. The van der Waals surface area contributed by atoms with Crippen LogP contribution in [-0.4, -0.2) is 19.2 Å². The molecular formula is C23H19F3NO4+. The van der Waals surface area contributed by atoms with Crippen molar-refractivity contribution >= 4 is 21.7 Å². The Morgan fingerprint density at radius 3 is 2.42 bits per heavy atom. The van der Waals surface area contributed by atoms with Gasteiger partial charge in [0.25, 0.3) is 5.76 Å². The van der Waals surface area contributed by atoms with Crippen LogP contribution in [0.3, 0.4) is 0 Å². The lowest BCUT2D eigenvalue weighted by Gasteiger charge is -2.16. The fraction of sp³-hybridized carbons (Fsp3) is 0.174. The van der Waals surface area contributed by atoms with Crippen LogP contribution in [0.5, 0.6) is 17.2 Å². The number of phenols is 1. The van der Waals surface area contributed by atoms with Gasteiger partial charge in [0.2, 0.25) is 11.2 Å². The van der Waals surface area contributed by atoms with Gasteiger partial charge in [-0.05, 0) is 35.0 Å². The van der Waals surface area contributed by atoms with Gasteiger partial charge in [-0.1, -0.05) is 30.3 Å². The number of aromatic hydroxyl groups is 1. The maximum atomic E-state index is 13.8. The van der Waals surface area contributed by atoms with Gasteiger partial charge in [-0.3, -0.25) is 4.79 Å². The molecule has 4 rings (SSSR count). The Hall–Kier alpha value is -3.52. The summed E-state index contributed by atoms with van der Waals surface area (Å²) in [7, 11) is 3.52. The zero-order chi connectivity index (χ0) is 22.3. The monoisotopic (exact) mass is 430 g/mol. The number of nitrogens with one attached hydrogen (secondary N) is 1. The molecule has 0 atom stereocenters. The lowest BCUT2D eigenvalue weighted by molar-refractivity contribution is -0.872. The Morgan fingerprint density at radius 2 is 1.74 bits per heavy atom. The van der Waals surface area contributed by atoms with E-state index in [0.29, 0.717) is 0 Å². The van der Waals surface area contributed by atoms with Crippen molar-refractivity contribution in [3.8, 4) is 17.2 Å². The van der Waals surface area contributed by atoms with E-state index in [0.717, 1.165) is 15.7 Å². The molecule has 1 aromatic heterocycles. The molecule has 8 heteroatoms. The molecule has 160 valence electrons. The Bertz CT molecular complexity index is 1340. The summed E-state index contributed by atoms with van der Waals surface area (Å²) in [6.45, 7) is 0.161. The van der Waals surface area contributed by atoms with Gasteiger partial charge < -0.3 is 19.2 Å². The van der Waals surface area contributed by atoms with Gasteiger partial charge in [-0.25, -0.2) is 0 Å². The van der Waals surface area contributed by atoms with Crippen molar-refractivity contribution < 1.29 is 32.3 Å². The van der Waals surface area contributed by atoms with Crippen LogP contribution in [0.1, 0.15) is 11.3 Å². The molecule has 1 heterocycles. The molecule has 0 saturated carbocycles. The number of fused-ring (bicyclic) bond motifs is 2. The smallest absolute Gasteiger partial charge is 0.453 e. The van der Waals surface area contributed by atoms with E-state index in [1.165, 1.54) is 18.2 Å². The normalized spacial score (nSPS) is 12.1. The van der Waals surface area contributed by atoms with Crippen LogP contribution < -0.4 is 15.1 Å². The molecule has 0 fully saturated rings. The highest BCUT2D eigenvalue weighted by atomic mass is 19.4. The molecule has 0 spiro atoms. The van der Waals surface area contributed by atoms with Crippen LogP contribution in [0.25, 0.3) is 21.7 Å². The van der Waals surface area contributed by atoms with E-state index in [9.17, 15) is 23.1 Å². The highest BCUT2D eigenvalue weighted by Gasteiger charge is 2.41. The minimum atomic E-state index is -4.98. The predicted octanol–water partition coefficient (Wildman–Crippen LogP) is 4.11. The van der Waals surface area contributed by atoms with Crippen LogP contribution >= 0.6 is 0 Å². The largest absolute Gasteiger partial charge is 0.507 e. The SMILES string of the molecule is C[NH+](C)Cc1c(O)ccc2c(=O)c(Oc3ccc4ccccc4c3)c(C(F)(F)F)oc12. The third-order valence-electron chi connectivity index (χ3n) is 4.83. The lowest BCUT2D eigenvalue weighted by atomic mass is 10.1. The molecule has 0 saturated heterocycles. The predicted molar refractivity (Wildman–Crippen MR) is 110 cm³/mol. The van der Waals surface area contributed by atoms with Crippen molar-refractivity contribution in [1.29, 1.82) is 0 Å². The van der Waals surface area contributed by atoms with Crippen molar-refractivity contribution in [2.45, 2.75) is 12.7 Å². The van der Waals surface area contributed by atoms with Crippen molar-refractivity contribution in [2.75, 3.05) is 14.1 Å². The van der Waals surface area contributed by atoms with E-state index in [2.05, 4.69) is 0 Å². The quantitative estimate of drug-likeness (QED) is 0.512. The fourth-order valence-corrected chi connectivity index (χ4v) is 3.44. The maximum Gasteiger partial charge on any atom is 0.453 e. The van der Waals surface area contributed by atoms with Crippen molar-refractivity contribution in [3.05, 3.63) is 76.1 Å². The van der Waals surface area contributed by atoms with Gasteiger partial charge in [0.1, 0.15) is 18.0 Å². The first-order valence-electron chi connectivity index (χ1n) is 9.49. The Morgan fingerprint density at radius 1 is 1.03 bits per heavy atom. The average molecular weight is 430 g/mol. The molecule has 0 unspecified atom stereocenters. The van der Waals surface area contributed by atoms with Crippen molar-refractivity contribution in [2.24, 2.45) is 0 Å². The standard InChI is InChI=1S/C23H18F3NO4/c1-27(2)12-17-18(28)10-9-16-19(29)21(22(23(24,25)26)31-20(16)17)30-15-8-7-13-5-3-4-6-14(13)11-15/h3-11,28H,12H2,1-2H3/p+1. The number of halogens is 3. The highest BCUT2D eigenvalue weighted by molar-refractivity contribution is 5.85. The van der Waals surface area contributed by atoms with E-state index in [1.807, 2.05) is 12.1 Å². The molecule has 4 aromatic rings. The number of benzene rings is 3. The zero-order valence-corrected chi connectivity index (χ0v) is 16.7. The highest BCUT2D eigenvalue weighted by Crippen LogP contribution is 2.40.